The minimum atomic E-state index is -0.455. The van der Waals surface area contributed by atoms with Gasteiger partial charge in [0, 0.05) is 16.9 Å². The number of benzene rings is 1. The van der Waals surface area contributed by atoms with Crippen molar-refractivity contribution < 1.29 is 15.0 Å². The molecule has 0 radical (unpaired) electrons. The molecule has 1 amide bonds. The number of aromatic nitrogens is 2. The largest absolute Gasteiger partial charge is 0.504 e. The number of hydrazone groups is 1. The van der Waals surface area contributed by atoms with Crippen LogP contribution >= 0.6 is 15.9 Å². The lowest BCUT2D eigenvalue weighted by Crippen LogP contribution is -2.17. The molecule has 0 spiro atoms. The predicted octanol–water partition coefficient (Wildman–Crippen LogP) is 2.27. The van der Waals surface area contributed by atoms with E-state index in [0.29, 0.717) is 11.2 Å². The van der Waals surface area contributed by atoms with E-state index in [1.54, 1.807) is 28.9 Å². The molecule has 0 fully saturated rings. The summed E-state index contributed by atoms with van der Waals surface area (Å²) in [5, 5.41) is 22.4. The van der Waals surface area contributed by atoms with E-state index in [9.17, 15) is 15.0 Å². The highest BCUT2D eigenvalue weighted by atomic mass is 79.9. The first-order valence-electron chi connectivity index (χ1n) is 6.52. The molecule has 8 heteroatoms. The van der Waals surface area contributed by atoms with Crippen LogP contribution in [0.25, 0.3) is 5.65 Å². The number of rotatable bonds is 3. The van der Waals surface area contributed by atoms with Crippen molar-refractivity contribution in [2.24, 2.45) is 5.10 Å². The Bertz CT molecular complexity index is 920. The van der Waals surface area contributed by atoms with Crippen molar-refractivity contribution in [3.63, 3.8) is 0 Å². The van der Waals surface area contributed by atoms with Crippen LogP contribution in [0.4, 0.5) is 0 Å². The lowest BCUT2D eigenvalue weighted by atomic mass is 10.2. The van der Waals surface area contributed by atoms with Crippen LogP contribution in [0.5, 0.6) is 11.5 Å². The molecule has 0 aliphatic rings. The van der Waals surface area contributed by atoms with Crippen LogP contribution < -0.4 is 5.43 Å². The molecule has 3 N–H and O–H groups in total. The number of nitrogens with one attached hydrogen (secondary N) is 1. The van der Waals surface area contributed by atoms with Gasteiger partial charge in [0.15, 0.2) is 11.5 Å². The Balaban J connectivity index is 1.72. The fourth-order valence-electron chi connectivity index (χ4n) is 1.92. The second-order valence-electron chi connectivity index (χ2n) is 4.69. The van der Waals surface area contributed by atoms with Crippen LogP contribution in [0.1, 0.15) is 16.1 Å². The first-order chi connectivity index (χ1) is 11.0. The number of hydrogen-bond donors (Lipinski definition) is 3. The maximum Gasteiger partial charge on any atom is 0.291 e. The predicted molar refractivity (Wildman–Crippen MR) is 87.7 cm³/mol. The molecule has 0 bridgehead atoms. The number of imidazole rings is 1. The summed E-state index contributed by atoms with van der Waals surface area (Å²) < 4.78 is 2.60. The molecule has 0 saturated heterocycles. The van der Waals surface area contributed by atoms with Crippen LogP contribution in [0.15, 0.2) is 52.3 Å². The first-order valence-corrected chi connectivity index (χ1v) is 7.32. The summed E-state index contributed by atoms with van der Waals surface area (Å²) >= 11 is 3.35. The number of aromatic hydroxyl groups is 2. The molecule has 0 aliphatic carbocycles. The lowest BCUT2D eigenvalue weighted by molar-refractivity contribution is 0.0951. The van der Waals surface area contributed by atoms with E-state index in [1.807, 2.05) is 6.07 Å². The summed E-state index contributed by atoms with van der Waals surface area (Å²) in [4.78, 5) is 16.2. The molecule has 3 aromatic rings. The van der Waals surface area contributed by atoms with Gasteiger partial charge in [-0.15, -0.1) is 0 Å². The molecule has 1 aromatic carbocycles. The van der Waals surface area contributed by atoms with Crippen LogP contribution in [0.3, 0.4) is 0 Å². The average molecular weight is 375 g/mol. The van der Waals surface area contributed by atoms with Gasteiger partial charge in [-0.05, 0) is 51.8 Å². The molecular formula is C15H11BrN4O3. The molecule has 3 rings (SSSR count). The second-order valence-corrected chi connectivity index (χ2v) is 5.60. The summed E-state index contributed by atoms with van der Waals surface area (Å²) in [6.07, 6.45) is 4.74. The van der Waals surface area contributed by atoms with Gasteiger partial charge in [-0.3, -0.25) is 4.79 Å². The number of phenolic OH excluding ortho intramolecular Hbond substituents is 2. The van der Waals surface area contributed by atoms with Gasteiger partial charge in [-0.25, -0.2) is 10.4 Å². The molecule has 23 heavy (non-hydrogen) atoms. The van der Waals surface area contributed by atoms with Gasteiger partial charge >= 0.3 is 0 Å². The van der Waals surface area contributed by atoms with Crippen molar-refractivity contribution >= 4 is 33.7 Å². The normalized spacial score (nSPS) is 11.2. The summed E-state index contributed by atoms with van der Waals surface area (Å²) in [6, 6.07) is 7.82. The Hall–Kier alpha value is -2.87. The summed E-state index contributed by atoms with van der Waals surface area (Å²) in [5.41, 5.74) is 3.76. The maximum absolute atomic E-state index is 12.0. The number of halogens is 1. The molecular weight excluding hydrogens is 364 g/mol. The van der Waals surface area contributed by atoms with Gasteiger partial charge in [-0.1, -0.05) is 0 Å². The van der Waals surface area contributed by atoms with Gasteiger partial charge in [0.2, 0.25) is 0 Å². The first kappa shape index (κ1) is 15.0. The fourth-order valence-corrected chi connectivity index (χ4v) is 2.27. The van der Waals surface area contributed by atoms with Gasteiger partial charge in [-0.2, -0.15) is 5.10 Å². The standard InChI is InChI=1S/C15H11BrN4O3/c16-10-2-4-14-18-11(8-20(14)7-10)15(23)19-17-6-9-1-3-12(21)13(22)5-9/h1-8,21-22H,(H,19,23)/b17-6+. The van der Waals surface area contributed by atoms with Crippen LogP contribution in [0.2, 0.25) is 0 Å². The van der Waals surface area contributed by atoms with Crippen LogP contribution in [-0.4, -0.2) is 31.7 Å². The Morgan fingerprint density at radius 1 is 1.22 bits per heavy atom. The van der Waals surface area contributed by atoms with Crippen LogP contribution in [-0.2, 0) is 0 Å². The highest BCUT2D eigenvalue weighted by Gasteiger charge is 2.09. The number of hydrogen-bond acceptors (Lipinski definition) is 5. The Morgan fingerprint density at radius 2 is 2.04 bits per heavy atom. The third-order valence-corrected chi connectivity index (χ3v) is 3.50. The van der Waals surface area contributed by atoms with E-state index in [2.05, 4.69) is 31.4 Å². The monoisotopic (exact) mass is 374 g/mol. The number of carbonyl (C=O) groups is 1. The van der Waals surface area contributed by atoms with Crippen molar-refractivity contribution in [2.75, 3.05) is 0 Å². The Morgan fingerprint density at radius 3 is 2.83 bits per heavy atom. The zero-order valence-electron chi connectivity index (χ0n) is 11.6. The van der Waals surface area contributed by atoms with E-state index in [-0.39, 0.29) is 17.2 Å². The minimum absolute atomic E-state index is 0.220. The summed E-state index contributed by atoms with van der Waals surface area (Å²) in [7, 11) is 0. The number of amides is 1. The quantitative estimate of drug-likeness (QED) is 0.372. The molecule has 116 valence electrons. The van der Waals surface area contributed by atoms with Crippen LogP contribution in [0, 0.1) is 0 Å². The van der Waals surface area contributed by atoms with E-state index in [0.717, 1.165) is 4.47 Å². The summed E-state index contributed by atoms with van der Waals surface area (Å²) in [6.45, 7) is 0. The second kappa shape index (κ2) is 6.09. The highest BCUT2D eigenvalue weighted by molar-refractivity contribution is 9.10. The smallest absolute Gasteiger partial charge is 0.291 e. The SMILES string of the molecule is O=C(N/N=C/c1ccc(O)c(O)c1)c1cn2cc(Br)ccc2n1. The van der Waals surface area contributed by atoms with E-state index >= 15 is 0 Å². The molecule has 0 atom stereocenters. The van der Waals surface area contributed by atoms with Crippen molar-refractivity contribution in [3.05, 3.63) is 58.5 Å². The number of pyridine rings is 1. The minimum Gasteiger partial charge on any atom is -0.504 e. The summed E-state index contributed by atoms with van der Waals surface area (Å²) in [5.74, 6) is -0.933. The number of fused-ring (bicyclic) bond motifs is 1. The van der Waals surface area contributed by atoms with E-state index in [4.69, 9.17) is 0 Å². The van der Waals surface area contributed by atoms with Gasteiger partial charge < -0.3 is 14.6 Å². The van der Waals surface area contributed by atoms with Crippen molar-refractivity contribution in [2.45, 2.75) is 0 Å². The molecule has 0 saturated carbocycles. The van der Waals surface area contributed by atoms with Crippen molar-refractivity contribution in [3.8, 4) is 11.5 Å². The zero-order chi connectivity index (χ0) is 16.4. The molecule has 2 aromatic heterocycles. The molecule has 7 nitrogen and oxygen atoms in total. The molecule has 0 unspecified atom stereocenters. The Labute approximate surface area is 139 Å². The number of phenols is 2. The highest BCUT2D eigenvalue weighted by Crippen LogP contribution is 2.23. The zero-order valence-corrected chi connectivity index (χ0v) is 13.2. The van der Waals surface area contributed by atoms with Crippen molar-refractivity contribution in [1.82, 2.24) is 14.8 Å². The van der Waals surface area contributed by atoms with E-state index < -0.39 is 5.91 Å². The van der Waals surface area contributed by atoms with Gasteiger partial charge in [0.05, 0.1) is 6.21 Å². The van der Waals surface area contributed by atoms with Gasteiger partial charge in [0.25, 0.3) is 5.91 Å². The molecule has 2 heterocycles. The molecule has 0 aliphatic heterocycles. The third-order valence-electron chi connectivity index (χ3n) is 3.03. The number of carbonyl (C=O) groups excluding carboxylic acids is 1. The average Bonchev–Trinajstić information content (AvgIpc) is 2.94. The van der Waals surface area contributed by atoms with E-state index in [1.165, 1.54) is 18.3 Å². The third kappa shape index (κ3) is 3.32. The van der Waals surface area contributed by atoms with Crippen molar-refractivity contribution in [1.29, 1.82) is 0 Å². The number of nitrogens with zero attached hydrogens (tertiary/aromatic N) is 3. The lowest BCUT2D eigenvalue weighted by Gasteiger charge is -1.98. The maximum atomic E-state index is 12.0. The fraction of sp³-hybridized carbons (Fsp3) is 0. The Kier molecular flexibility index (Phi) is 3.98. The van der Waals surface area contributed by atoms with Gasteiger partial charge in [0.1, 0.15) is 11.3 Å². The topological polar surface area (TPSA) is 99.2 Å².